The Bertz CT molecular complexity index is 5.51. The number of rotatable bonds is 0. The van der Waals surface area contributed by atoms with Crippen molar-refractivity contribution < 1.29 is 0 Å². The van der Waals surface area contributed by atoms with Crippen LogP contribution < -0.4 is 0 Å². The van der Waals surface area contributed by atoms with Crippen LogP contribution in [0.25, 0.3) is 0 Å². The van der Waals surface area contributed by atoms with Gasteiger partial charge < -0.3 is 0 Å². The van der Waals surface area contributed by atoms with Crippen LogP contribution in [0.15, 0.2) is 0 Å². The molecule has 0 spiro atoms. The van der Waals surface area contributed by atoms with Gasteiger partial charge in [-0.05, 0) is 0 Å². The molecule has 0 aliphatic heterocycles. The van der Waals surface area contributed by atoms with E-state index in [1.54, 1.807) is 0 Å². The van der Waals surface area contributed by atoms with Crippen LogP contribution in [0.3, 0.4) is 0 Å². The van der Waals surface area contributed by atoms with Gasteiger partial charge in [-0.1, -0.05) is 0 Å². The summed E-state index contributed by atoms with van der Waals surface area (Å²) in [6.07, 6.45) is 0. The van der Waals surface area contributed by atoms with Crippen molar-refractivity contribution in [2.75, 3.05) is 0 Å². The first-order chi connectivity index (χ1) is 0. The van der Waals surface area contributed by atoms with E-state index in [2.05, 4.69) is 0 Å². The first-order valence-electron chi connectivity index (χ1n) is 0. The Balaban J connectivity index is 0. The van der Waals surface area contributed by atoms with E-state index in [4.69, 9.17) is 0 Å². The van der Waals surface area contributed by atoms with E-state index in [-0.39, 0.29) is 97.0 Å². The van der Waals surface area contributed by atoms with E-state index >= 15 is 0 Å². The molecule has 0 saturated carbocycles. The van der Waals surface area contributed by atoms with Crippen LogP contribution in [0.2, 0.25) is 0 Å². The van der Waals surface area contributed by atoms with Gasteiger partial charge in [-0.15, -0.1) is 49.6 Å². The Hall–Kier alpha value is 2.74. The van der Waals surface area contributed by atoms with Crippen LogP contribution >= 0.6 is 49.6 Å². The summed E-state index contributed by atoms with van der Waals surface area (Å²) in [4.78, 5) is 0. The molecule has 0 N–H and O–H groups in total. The van der Waals surface area contributed by atoms with Crippen molar-refractivity contribution in [1.29, 1.82) is 0 Å². The second-order valence-corrected chi connectivity index (χ2v) is 0. The molecule has 0 unspecified atom stereocenters. The van der Waals surface area contributed by atoms with Gasteiger partial charge >= 0.3 is 0 Å². The first kappa shape index (κ1) is 69.8. The summed E-state index contributed by atoms with van der Waals surface area (Å²) in [6, 6.07) is 0. The fraction of sp³-hybridized carbons (Fsp3) is 0. The maximum atomic E-state index is 0. The zero-order valence-corrected chi connectivity index (χ0v) is 10.4. The molecule has 0 aliphatic carbocycles. The first-order valence-corrected chi connectivity index (χ1v) is 0. The topological polar surface area (TPSA) is 0 Å². The van der Waals surface area contributed by atoms with Crippen LogP contribution in [-0.4, -0.2) is 47.3 Å². The zero-order valence-electron chi connectivity index (χ0n) is 2.45. The van der Waals surface area contributed by atoms with E-state index in [0.29, 0.717) is 0 Å². The van der Waals surface area contributed by atoms with Gasteiger partial charge in [0.1, 0.15) is 0 Å². The second-order valence-electron chi connectivity index (χ2n) is 0. The van der Waals surface area contributed by atoms with Crippen molar-refractivity contribution in [2.45, 2.75) is 0 Å². The molecular weight excluding hydrogens is 397 g/mol. The Kier molecular flexibility index (Phi) is 545. The van der Waals surface area contributed by atoms with Gasteiger partial charge in [0.2, 0.25) is 0 Å². The Morgan fingerprint density at radius 1 is 0.333 bits per heavy atom. The van der Waals surface area contributed by atoms with Gasteiger partial charge in [0.05, 0.1) is 0 Å². The summed E-state index contributed by atoms with van der Waals surface area (Å²) in [5.74, 6) is 0. The molecule has 0 saturated heterocycles. The molecule has 6 heavy (non-hydrogen) atoms. The largest absolute Gasteiger partial charge is 0.147 e. The maximum Gasteiger partial charge on any atom is 0 e. The van der Waals surface area contributed by atoms with Crippen molar-refractivity contribution in [3.8, 4) is 0 Å². The van der Waals surface area contributed by atoms with Crippen LogP contribution in [0.1, 0.15) is 0 Å². The molecule has 0 atom stereocenters. The molecule has 6 heteroatoms. The van der Waals surface area contributed by atoms with E-state index in [9.17, 15) is 0 Å². The maximum absolute atomic E-state index is 0. The zero-order chi connectivity index (χ0) is 0. The minimum atomic E-state index is 0. The van der Waals surface area contributed by atoms with Crippen molar-refractivity contribution in [1.82, 2.24) is 0 Å². The third kappa shape index (κ3) is 29.6. The van der Waals surface area contributed by atoms with Gasteiger partial charge in [0, 0.05) is 47.3 Å². The van der Waals surface area contributed by atoms with Crippen LogP contribution in [0.5, 0.6) is 0 Å². The van der Waals surface area contributed by atoms with Crippen molar-refractivity contribution in [2.24, 2.45) is 0 Å². The van der Waals surface area contributed by atoms with E-state index in [1.807, 2.05) is 0 Å². The molecule has 0 aromatic carbocycles. The number of hydrogen-bond acceptors (Lipinski definition) is 0. The fourth-order valence-corrected chi connectivity index (χ4v) is 0. The van der Waals surface area contributed by atoms with Gasteiger partial charge in [-0.3, -0.25) is 0 Å². The van der Waals surface area contributed by atoms with Gasteiger partial charge in [-0.2, -0.15) is 0 Å². The minimum Gasteiger partial charge on any atom is -0.147 e. The Morgan fingerprint density at radius 3 is 0.333 bits per heavy atom. The normalized spacial score (nSPS) is 0. The SMILES string of the molecule is Cl.Cl.Cl.Cl.[Te].[Te]. The van der Waals surface area contributed by atoms with E-state index in [1.165, 1.54) is 0 Å². The number of halogens is 4. The molecule has 0 nitrogen and oxygen atoms in total. The van der Waals surface area contributed by atoms with Gasteiger partial charge in [0.25, 0.3) is 0 Å². The molecule has 0 amide bonds. The van der Waals surface area contributed by atoms with Crippen molar-refractivity contribution in [3.05, 3.63) is 0 Å². The molecule has 0 aliphatic rings. The molecule has 0 fully saturated rings. The van der Waals surface area contributed by atoms with E-state index in [0.717, 1.165) is 0 Å². The van der Waals surface area contributed by atoms with E-state index < -0.39 is 0 Å². The average Bonchev–Trinajstić information content (AvgIpc) is 0. The molecule has 4 radical (unpaired) electrons. The smallest absolute Gasteiger partial charge is 0 e. The molecule has 0 aromatic rings. The standard InChI is InChI=1S/4ClH.2Te/h4*1H;;. The molecule has 0 bridgehead atoms. The molecular formula is H4Cl4Te2. The second kappa shape index (κ2) is 46.8. The minimum absolute atomic E-state index is 0. The summed E-state index contributed by atoms with van der Waals surface area (Å²) in [5, 5.41) is 0. The van der Waals surface area contributed by atoms with Crippen molar-refractivity contribution >= 4 is 97.0 Å². The molecule has 0 rings (SSSR count). The molecule has 44 valence electrons. The van der Waals surface area contributed by atoms with Crippen LogP contribution in [0, 0.1) is 0 Å². The summed E-state index contributed by atoms with van der Waals surface area (Å²) < 4.78 is 0. The number of hydrogen-bond donors (Lipinski definition) is 0. The van der Waals surface area contributed by atoms with Crippen LogP contribution in [0.4, 0.5) is 0 Å². The summed E-state index contributed by atoms with van der Waals surface area (Å²) in [5.41, 5.74) is 0. The predicted molar refractivity (Wildman–Crippen MR) is 40.5 cm³/mol. The summed E-state index contributed by atoms with van der Waals surface area (Å²) >= 11 is 0. The molecule has 0 heterocycles. The van der Waals surface area contributed by atoms with Gasteiger partial charge in [0.15, 0.2) is 0 Å². The van der Waals surface area contributed by atoms with Crippen molar-refractivity contribution in [3.63, 3.8) is 0 Å². The Labute approximate surface area is 95.7 Å². The fourth-order valence-electron chi connectivity index (χ4n) is 0. The average molecular weight is 401 g/mol. The summed E-state index contributed by atoms with van der Waals surface area (Å²) in [7, 11) is 0. The third-order valence-electron chi connectivity index (χ3n) is 0. The monoisotopic (exact) mass is 404 g/mol. The summed E-state index contributed by atoms with van der Waals surface area (Å²) in [6.45, 7) is 0. The van der Waals surface area contributed by atoms with Gasteiger partial charge in [-0.25, -0.2) is 0 Å². The quantitative estimate of drug-likeness (QED) is 0.530. The third-order valence-corrected chi connectivity index (χ3v) is 0. The predicted octanol–water partition coefficient (Wildman–Crippen LogP) is 0.926. The molecule has 0 aromatic heterocycles. The van der Waals surface area contributed by atoms with Crippen LogP contribution in [-0.2, 0) is 0 Å². The Morgan fingerprint density at radius 2 is 0.333 bits per heavy atom.